The molecule has 3 aliphatic rings. The zero-order valence-corrected chi connectivity index (χ0v) is 81.7. The van der Waals surface area contributed by atoms with Crippen molar-refractivity contribution in [3.8, 4) is 91.0 Å². The number of likely N-dealkylation sites (tertiary alicyclic amines) is 3. The predicted molar refractivity (Wildman–Crippen MR) is 546 cm³/mol. The van der Waals surface area contributed by atoms with Crippen molar-refractivity contribution in [1.29, 1.82) is 0 Å². The first-order valence-electron chi connectivity index (χ1n) is 46.8. The number of fused-ring (bicyclic) bond motifs is 4. The number of hydrogen-bond donors (Lipinski definition) is 4. The number of nitrogens with two attached hydrogens (primary N) is 1. The number of ether oxygens (including phenoxy) is 8. The number of aliphatic hydroxyl groups is 1. The molecule has 0 spiro atoms. The highest BCUT2D eigenvalue weighted by molar-refractivity contribution is 5.87. The number of likely N-dealkylation sites (N-methyl/N-ethyl adjacent to an activating group) is 1. The van der Waals surface area contributed by atoms with Crippen LogP contribution in [0.25, 0.3) is 89.2 Å². The Hall–Kier alpha value is -15.6. The maximum Gasteiger partial charge on any atom is 0.176 e. The summed E-state index contributed by atoms with van der Waals surface area (Å²) in [6.45, 7) is 11.5. The monoisotopic (exact) mass is 1910 g/mol. The van der Waals surface area contributed by atoms with Crippen molar-refractivity contribution < 1.29 is 43.0 Å². The molecule has 0 amide bonds. The van der Waals surface area contributed by atoms with Crippen molar-refractivity contribution in [1.82, 2.24) is 120 Å². The number of aliphatic hydroxyl groups excluding tert-OH is 1. The number of tetrazole rings is 1. The van der Waals surface area contributed by atoms with E-state index in [1.54, 1.807) is 119 Å². The van der Waals surface area contributed by atoms with E-state index in [1.807, 2.05) is 156 Å². The molecular weight excluding hydrogens is 1790 g/mol. The van der Waals surface area contributed by atoms with E-state index < -0.39 is 0 Å². The van der Waals surface area contributed by atoms with Crippen LogP contribution in [0.1, 0.15) is 31.5 Å². The Morgan fingerprint density at radius 1 is 0.362 bits per heavy atom. The van der Waals surface area contributed by atoms with E-state index in [0.717, 1.165) is 260 Å². The van der Waals surface area contributed by atoms with Gasteiger partial charge in [-0.05, 0) is 125 Å². The van der Waals surface area contributed by atoms with Gasteiger partial charge in [0.05, 0.1) is 179 Å². The molecule has 9 aromatic heterocycles. The molecule has 38 nitrogen and oxygen atoms in total. The van der Waals surface area contributed by atoms with Gasteiger partial charge in [-0.1, -0.05) is 5.21 Å². The highest BCUT2D eigenvalue weighted by Gasteiger charge is 2.28. The molecule has 38 heteroatoms. The Bertz CT molecular complexity index is 6790. The number of benzene rings is 8. The fourth-order valence-corrected chi connectivity index (χ4v) is 17.7. The fraction of sp³-hybridized carbons (Fsp3) is 0.330. The molecule has 0 saturated carbocycles. The molecule has 3 atom stereocenters. The van der Waals surface area contributed by atoms with Crippen molar-refractivity contribution in [2.45, 2.75) is 50.3 Å². The molecule has 17 aromatic rings. The summed E-state index contributed by atoms with van der Waals surface area (Å²) in [7, 11) is 22.9. The van der Waals surface area contributed by atoms with Crippen molar-refractivity contribution in [3.05, 3.63) is 226 Å². The van der Waals surface area contributed by atoms with E-state index in [4.69, 9.17) is 63.6 Å². The Kier molecular flexibility index (Phi) is 31.2. The lowest BCUT2D eigenvalue weighted by molar-refractivity contribution is 0.177. The molecule has 0 bridgehead atoms. The first-order valence-corrected chi connectivity index (χ1v) is 46.8. The highest BCUT2D eigenvalue weighted by atomic mass is 16.5. The number of rotatable bonds is 34. The van der Waals surface area contributed by atoms with E-state index in [1.165, 1.54) is 6.42 Å². The number of aromatic nitrogens is 20. The van der Waals surface area contributed by atoms with Gasteiger partial charge in [0.1, 0.15) is 46.0 Å². The quantitative estimate of drug-likeness (QED) is 0.0291. The minimum atomic E-state index is -0.248. The summed E-state index contributed by atoms with van der Waals surface area (Å²) < 4.78 is 51.3. The lowest BCUT2D eigenvalue weighted by Crippen LogP contribution is -2.33. The maximum atomic E-state index is 9.97. The third-order valence-corrected chi connectivity index (χ3v) is 25.3. The van der Waals surface area contributed by atoms with E-state index >= 15 is 0 Å². The summed E-state index contributed by atoms with van der Waals surface area (Å²) in [6.07, 6.45) is 26.5. The molecule has 5 N–H and O–H groups in total. The standard InChI is InChI=1S/C28H35N7O2.C26H31N7O2.C26H30N6O3.C23H23N9O2/c1-29-21-8-11-34(19-21)9-5-10-35(23-12-24(36-3)15-25(13-23)37-4)22-6-7-26-27(14-22)32-28(17-30-26)20-16-31-33(2)18-20;1-31-16-18(14-29-31)26-15-28-24-5-4-20(12-25(24)30-26)33(9-8-32-7-6-19(27)17-32)21-10-22(34-2)13-23(11-21)35-3;1-30-16-18(14-28-30)26-15-27-24-5-4-19(12-25(24)29-26)32(9-8-31-7-6-21(33)17-31)20-10-22(34-2)13-23(11-20)35-3;1-31-14-15(12-25-31)22-13-24-20-5-4-16(10-21(20)26-22)32(7-6-23-27-29-30-28-23)17-8-18(33-2)11-19(9-17)34-3/h6-7,12-18,21,29H,5,8-11,19H2,1-4H3;4-5,10-16,19H,6-9,17,27H2,1-3H3;4-5,10-16,21,33H,6-9,17H2,1-3H3;4-5,8-14H,6-7H2,1-3H3,(H,27,28,29,30). The van der Waals surface area contributed by atoms with Gasteiger partial charge in [-0.15, -0.1) is 10.2 Å². The average Bonchev–Trinajstić information content (AvgIpc) is 1.80. The van der Waals surface area contributed by atoms with Gasteiger partial charge in [-0.25, -0.2) is 19.9 Å². The molecule has 730 valence electrons. The molecule has 0 radical (unpaired) electrons. The molecular formula is C103H119N29O9. The lowest BCUT2D eigenvalue weighted by Gasteiger charge is -2.28. The second kappa shape index (κ2) is 45.3. The molecule has 3 fully saturated rings. The molecule has 0 aliphatic carbocycles. The van der Waals surface area contributed by atoms with Crippen molar-refractivity contribution in [3.63, 3.8) is 0 Å². The molecule has 3 aliphatic heterocycles. The summed E-state index contributed by atoms with van der Waals surface area (Å²) in [6, 6.07) is 49.0. The zero-order valence-electron chi connectivity index (χ0n) is 81.7. The third-order valence-electron chi connectivity index (χ3n) is 25.3. The Morgan fingerprint density at radius 3 is 0.965 bits per heavy atom. The molecule has 141 heavy (non-hydrogen) atoms. The summed E-state index contributed by atoms with van der Waals surface area (Å²) in [5.41, 5.74) is 27.4. The van der Waals surface area contributed by atoms with Crippen LogP contribution >= 0.6 is 0 Å². The summed E-state index contributed by atoms with van der Waals surface area (Å²) >= 11 is 0. The van der Waals surface area contributed by atoms with Gasteiger partial charge in [0, 0.05) is 277 Å². The molecule has 12 heterocycles. The van der Waals surface area contributed by atoms with Gasteiger partial charge in [0.25, 0.3) is 0 Å². The van der Waals surface area contributed by atoms with Crippen LogP contribution in [0, 0.1) is 0 Å². The van der Waals surface area contributed by atoms with Crippen LogP contribution in [0.3, 0.4) is 0 Å². The van der Waals surface area contributed by atoms with Crippen molar-refractivity contribution >= 4 is 89.6 Å². The van der Waals surface area contributed by atoms with E-state index in [0.29, 0.717) is 42.9 Å². The van der Waals surface area contributed by atoms with Crippen molar-refractivity contribution in [2.75, 3.05) is 169 Å². The molecule has 3 saturated heterocycles. The number of aryl methyl sites for hydroxylation is 4. The minimum Gasteiger partial charge on any atom is -0.497 e. The van der Waals surface area contributed by atoms with Crippen LogP contribution in [0.2, 0.25) is 0 Å². The molecule has 8 aromatic carbocycles. The maximum absolute atomic E-state index is 9.97. The van der Waals surface area contributed by atoms with Crippen molar-refractivity contribution in [2.24, 2.45) is 33.9 Å². The van der Waals surface area contributed by atoms with E-state index in [-0.39, 0.29) is 12.1 Å². The van der Waals surface area contributed by atoms with Crippen LogP contribution < -0.4 is 68.5 Å². The Balaban J connectivity index is 0.000000130. The number of hydrogen-bond acceptors (Lipinski definition) is 33. The Morgan fingerprint density at radius 2 is 0.681 bits per heavy atom. The molecule has 20 rings (SSSR count). The average molecular weight is 1910 g/mol. The topological polar surface area (TPSA) is 384 Å². The Labute approximate surface area is 817 Å². The number of aromatic amines is 1. The normalized spacial score (nSPS) is 14.8. The summed E-state index contributed by atoms with van der Waals surface area (Å²) in [4.78, 5) is 54.2. The second-order valence-corrected chi connectivity index (χ2v) is 34.8. The van der Waals surface area contributed by atoms with Crippen LogP contribution in [-0.2, 0) is 34.6 Å². The molecule has 3 unspecified atom stereocenters. The van der Waals surface area contributed by atoms with Crippen LogP contribution in [0.4, 0.5) is 45.5 Å². The van der Waals surface area contributed by atoms with Crippen LogP contribution in [0.15, 0.2) is 220 Å². The van der Waals surface area contributed by atoms with Gasteiger partial charge in [0.2, 0.25) is 0 Å². The lowest BCUT2D eigenvalue weighted by atomic mass is 10.1. The SMILES string of the molecule is CNC1CCN(CCCN(c2cc(OC)cc(OC)c2)c2ccc3ncc(-c4cnn(C)c4)nc3c2)C1.COc1cc(OC)cc(N(CCN2CCC(N)C2)c2ccc3ncc(-c4cnn(C)c4)nc3c2)c1.COc1cc(OC)cc(N(CCN2CCC(O)C2)c2ccc3ncc(-c4cnn(C)c4)nc3c2)c1.COc1cc(OC)cc(N(CCc2nn[nH]n2)c2ccc3ncc(-c4cnn(C)c4)nc3c2)c1. The van der Waals surface area contributed by atoms with Gasteiger partial charge in [0.15, 0.2) is 5.82 Å². The van der Waals surface area contributed by atoms with Crippen LogP contribution in [0.5, 0.6) is 46.0 Å². The largest absolute Gasteiger partial charge is 0.497 e. The minimum absolute atomic E-state index is 0.248. The summed E-state index contributed by atoms with van der Waals surface area (Å²) in [5, 5.41) is 44.7. The van der Waals surface area contributed by atoms with Gasteiger partial charge >= 0.3 is 0 Å². The first-order chi connectivity index (χ1) is 68.7. The van der Waals surface area contributed by atoms with Gasteiger partial charge in [-0.2, -0.15) is 25.6 Å². The van der Waals surface area contributed by atoms with Gasteiger partial charge in [-0.3, -0.25) is 48.5 Å². The number of methoxy groups -OCH3 is 8. The third kappa shape index (κ3) is 24.2. The van der Waals surface area contributed by atoms with E-state index in [9.17, 15) is 5.11 Å². The zero-order chi connectivity index (χ0) is 98.0. The van der Waals surface area contributed by atoms with E-state index in [2.05, 4.69) is 156 Å². The fourth-order valence-electron chi connectivity index (χ4n) is 17.7. The number of anilines is 8. The smallest absolute Gasteiger partial charge is 0.176 e. The number of β-amino-alcohol motifs (C(OH)–C–C–N with tert-alkyl or cyclic N) is 1. The summed E-state index contributed by atoms with van der Waals surface area (Å²) in [5.74, 6) is 6.46. The number of nitrogens with one attached hydrogen (secondary N) is 2. The highest BCUT2D eigenvalue weighted by Crippen LogP contribution is 2.41. The second-order valence-electron chi connectivity index (χ2n) is 34.8. The first kappa shape index (κ1) is 97.1. The number of H-pyrrole nitrogens is 1. The van der Waals surface area contributed by atoms with Gasteiger partial charge < -0.3 is 78.6 Å². The van der Waals surface area contributed by atoms with Crippen LogP contribution in [-0.4, -0.2) is 287 Å². The predicted octanol–water partition coefficient (Wildman–Crippen LogP) is 13.3. The number of nitrogens with zero attached hydrogens (tertiary/aromatic N) is 26.